The van der Waals surface area contributed by atoms with E-state index >= 15 is 0 Å². The molecule has 0 rings (SSSR count). The molecule has 0 fully saturated rings. The lowest BCUT2D eigenvalue weighted by molar-refractivity contribution is 0.0128. The first-order chi connectivity index (χ1) is 6.41. The maximum atomic E-state index is 9.68. The quantitative estimate of drug-likeness (QED) is 0.455. The molecule has 0 amide bonds. The van der Waals surface area contributed by atoms with Crippen LogP contribution in [0.1, 0.15) is 0 Å². The van der Waals surface area contributed by atoms with Gasteiger partial charge >= 0.3 is 0 Å². The Kier molecular flexibility index (Phi) is 11.1. The summed E-state index contributed by atoms with van der Waals surface area (Å²) in [4.78, 5) is 9.68. The van der Waals surface area contributed by atoms with Crippen molar-refractivity contribution < 1.29 is 24.1 Å². The first kappa shape index (κ1) is 12.5. The minimum atomic E-state index is -0.00955. The summed E-state index contributed by atoms with van der Waals surface area (Å²) in [7, 11) is 0. The fourth-order valence-electron chi connectivity index (χ4n) is 0.618. The number of aliphatic hydroxyl groups is 1. The van der Waals surface area contributed by atoms with E-state index < -0.39 is 0 Å². The fourth-order valence-corrected chi connectivity index (χ4v) is 0.618. The van der Waals surface area contributed by atoms with Gasteiger partial charge in [0, 0.05) is 0 Å². The second-order valence-corrected chi connectivity index (χ2v) is 2.15. The van der Waals surface area contributed by atoms with Gasteiger partial charge in [-0.15, -0.1) is 0 Å². The van der Waals surface area contributed by atoms with Crippen molar-refractivity contribution in [1.82, 2.24) is 0 Å². The highest BCUT2D eigenvalue weighted by molar-refractivity contribution is 5.51. The molecular weight excluding hydrogens is 176 g/mol. The summed E-state index contributed by atoms with van der Waals surface area (Å²) in [6.07, 6.45) is 1.61. The molecule has 0 atom stereocenters. The van der Waals surface area contributed by atoms with Gasteiger partial charge in [0.25, 0.3) is 0 Å². The molecule has 0 aliphatic heterocycles. The van der Waals surface area contributed by atoms with Crippen molar-refractivity contribution in [3.8, 4) is 0 Å². The normalized spacial score (nSPS) is 10.2. The Bertz CT molecular complexity index is 107. The molecule has 0 saturated heterocycles. The van der Waals surface area contributed by atoms with E-state index in [9.17, 15) is 4.79 Å². The number of ether oxygens (including phenoxy) is 3. The molecule has 0 aromatic heterocycles. The molecule has 0 aliphatic rings. The van der Waals surface area contributed by atoms with E-state index in [1.165, 1.54) is 0 Å². The topological polar surface area (TPSA) is 65.0 Å². The van der Waals surface area contributed by atoms with Gasteiger partial charge in [-0.05, 0) is 0 Å². The maximum absolute atomic E-state index is 9.68. The van der Waals surface area contributed by atoms with Gasteiger partial charge in [0.2, 0.25) is 6.29 Å². The Morgan fingerprint density at radius 2 is 1.46 bits per heavy atom. The lowest BCUT2D eigenvalue weighted by Gasteiger charge is -2.03. The Hall–Kier alpha value is -0.490. The van der Waals surface area contributed by atoms with Gasteiger partial charge in [0.15, 0.2) is 0 Å². The lowest BCUT2D eigenvalue weighted by Crippen LogP contribution is -2.11. The summed E-state index contributed by atoms with van der Waals surface area (Å²) >= 11 is 0. The van der Waals surface area contributed by atoms with Gasteiger partial charge in [-0.25, -0.2) is 0 Å². The van der Waals surface area contributed by atoms with Crippen LogP contribution >= 0.6 is 0 Å². The van der Waals surface area contributed by atoms with Crippen molar-refractivity contribution in [3.05, 3.63) is 0 Å². The largest absolute Gasteiger partial charge is 0.394 e. The summed E-state index contributed by atoms with van der Waals surface area (Å²) in [6, 6.07) is 0. The first-order valence-electron chi connectivity index (χ1n) is 4.11. The minimum absolute atomic E-state index is 0.00955. The Balaban J connectivity index is 2.79. The third-order valence-electron chi connectivity index (χ3n) is 1.14. The summed E-state index contributed by atoms with van der Waals surface area (Å²) in [6.45, 7) is 2.09. The molecule has 0 unspecified atom stereocenters. The van der Waals surface area contributed by atoms with Crippen LogP contribution in [0.3, 0.4) is 0 Å². The van der Waals surface area contributed by atoms with Crippen LogP contribution < -0.4 is 0 Å². The van der Waals surface area contributed by atoms with E-state index in [1.54, 1.807) is 6.29 Å². The summed E-state index contributed by atoms with van der Waals surface area (Å²) in [5.74, 6) is 0. The Morgan fingerprint density at radius 1 is 0.923 bits per heavy atom. The Labute approximate surface area is 77.6 Å². The van der Waals surface area contributed by atoms with Crippen molar-refractivity contribution in [3.63, 3.8) is 0 Å². The SMILES string of the molecule is O=[C]COCCOCCOCCO. The predicted octanol–water partition coefficient (Wildman–Crippen LogP) is -0.862. The molecule has 0 saturated carbocycles. The van der Waals surface area contributed by atoms with E-state index in [0.29, 0.717) is 33.0 Å². The smallest absolute Gasteiger partial charge is 0.226 e. The van der Waals surface area contributed by atoms with Gasteiger partial charge in [0.1, 0.15) is 6.61 Å². The molecule has 77 valence electrons. The number of carbonyl (C=O) groups excluding carboxylic acids is 1. The molecule has 1 N–H and O–H groups in total. The van der Waals surface area contributed by atoms with E-state index in [1.807, 2.05) is 0 Å². The molecule has 0 bridgehead atoms. The van der Waals surface area contributed by atoms with Gasteiger partial charge in [0.05, 0.1) is 39.6 Å². The van der Waals surface area contributed by atoms with Crippen LogP contribution in [0, 0.1) is 0 Å². The molecule has 0 spiro atoms. The zero-order valence-corrected chi connectivity index (χ0v) is 7.53. The second-order valence-electron chi connectivity index (χ2n) is 2.15. The molecule has 0 aromatic carbocycles. The minimum Gasteiger partial charge on any atom is -0.394 e. The van der Waals surface area contributed by atoms with Crippen LogP contribution in [0.2, 0.25) is 0 Å². The van der Waals surface area contributed by atoms with Crippen LogP contribution in [-0.2, 0) is 19.0 Å². The molecule has 13 heavy (non-hydrogen) atoms. The van der Waals surface area contributed by atoms with E-state index in [2.05, 4.69) is 0 Å². The molecule has 0 heterocycles. The van der Waals surface area contributed by atoms with Crippen molar-refractivity contribution in [2.24, 2.45) is 0 Å². The average molecular weight is 191 g/mol. The average Bonchev–Trinajstić information content (AvgIpc) is 2.16. The zero-order chi connectivity index (χ0) is 9.78. The van der Waals surface area contributed by atoms with Crippen LogP contribution in [-0.4, -0.2) is 57.6 Å². The van der Waals surface area contributed by atoms with Crippen molar-refractivity contribution in [1.29, 1.82) is 0 Å². The molecule has 1 radical (unpaired) electrons. The number of aliphatic hydroxyl groups excluding tert-OH is 1. The lowest BCUT2D eigenvalue weighted by atomic mass is 10.7. The van der Waals surface area contributed by atoms with Gasteiger partial charge in [-0.3, -0.25) is 4.79 Å². The Morgan fingerprint density at radius 3 is 2.00 bits per heavy atom. The van der Waals surface area contributed by atoms with Crippen LogP contribution in [0.25, 0.3) is 0 Å². The third-order valence-corrected chi connectivity index (χ3v) is 1.14. The van der Waals surface area contributed by atoms with E-state index in [-0.39, 0.29) is 13.2 Å². The molecule has 0 aromatic rings. The fraction of sp³-hybridized carbons (Fsp3) is 0.875. The maximum Gasteiger partial charge on any atom is 0.226 e. The monoisotopic (exact) mass is 191 g/mol. The van der Waals surface area contributed by atoms with Gasteiger partial charge < -0.3 is 19.3 Å². The zero-order valence-electron chi connectivity index (χ0n) is 7.53. The first-order valence-corrected chi connectivity index (χ1v) is 4.11. The number of rotatable bonds is 10. The highest BCUT2D eigenvalue weighted by Crippen LogP contribution is 1.79. The van der Waals surface area contributed by atoms with E-state index in [4.69, 9.17) is 19.3 Å². The third kappa shape index (κ3) is 11.5. The summed E-state index contributed by atoms with van der Waals surface area (Å²) < 4.78 is 14.8. The van der Waals surface area contributed by atoms with E-state index in [0.717, 1.165) is 0 Å². The highest BCUT2D eigenvalue weighted by atomic mass is 16.5. The van der Waals surface area contributed by atoms with Crippen LogP contribution in [0.4, 0.5) is 0 Å². The van der Waals surface area contributed by atoms with Crippen molar-refractivity contribution in [2.75, 3.05) is 46.2 Å². The van der Waals surface area contributed by atoms with Gasteiger partial charge in [-0.1, -0.05) is 0 Å². The number of hydrogen-bond donors (Lipinski definition) is 1. The van der Waals surface area contributed by atoms with Crippen molar-refractivity contribution in [2.45, 2.75) is 0 Å². The highest BCUT2D eigenvalue weighted by Gasteiger charge is 1.90. The van der Waals surface area contributed by atoms with Crippen LogP contribution in [0.15, 0.2) is 0 Å². The standard InChI is InChI=1S/C8H15O5/c9-1-3-11-5-7-13-8-6-12-4-2-10/h9H,1,3-8H2. The second kappa shape index (κ2) is 11.5. The number of hydrogen-bond acceptors (Lipinski definition) is 5. The molecule has 5 heteroatoms. The van der Waals surface area contributed by atoms with Crippen molar-refractivity contribution >= 4 is 6.29 Å². The summed E-state index contributed by atoms with van der Waals surface area (Å²) in [5, 5.41) is 8.34. The van der Waals surface area contributed by atoms with Gasteiger partial charge in [-0.2, -0.15) is 0 Å². The molecule has 5 nitrogen and oxygen atoms in total. The molecular formula is C8H15O5. The molecule has 0 aliphatic carbocycles. The summed E-state index contributed by atoms with van der Waals surface area (Å²) in [5.41, 5.74) is 0. The predicted molar refractivity (Wildman–Crippen MR) is 45.2 cm³/mol. The van der Waals surface area contributed by atoms with Crippen LogP contribution in [0.5, 0.6) is 0 Å².